The molecular formula is C14H12IN3O3. The number of nitro benzene ring substituents is 1. The van der Waals surface area contributed by atoms with Gasteiger partial charge in [0.1, 0.15) is 5.82 Å². The molecule has 0 bridgehead atoms. The van der Waals surface area contributed by atoms with Crippen LogP contribution in [0.1, 0.15) is 21.6 Å². The van der Waals surface area contributed by atoms with Gasteiger partial charge in [0.2, 0.25) is 0 Å². The first kappa shape index (κ1) is 15.4. The van der Waals surface area contributed by atoms with Crippen molar-refractivity contribution in [2.24, 2.45) is 0 Å². The molecule has 6 nitrogen and oxygen atoms in total. The molecule has 1 aromatic carbocycles. The van der Waals surface area contributed by atoms with Gasteiger partial charge in [-0.3, -0.25) is 14.9 Å². The van der Waals surface area contributed by atoms with Gasteiger partial charge in [-0.1, -0.05) is 0 Å². The fourth-order valence-electron chi connectivity index (χ4n) is 1.89. The third-order valence-electron chi connectivity index (χ3n) is 2.74. The van der Waals surface area contributed by atoms with Gasteiger partial charge in [0.15, 0.2) is 0 Å². The van der Waals surface area contributed by atoms with Crippen molar-refractivity contribution < 1.29 is 9.72 Å². The zero-order chi connectivity index (χ0) is 15.6. The molecule has 0 unspecified atom stereocenters. The van der Waals surface area contributed by atoms with E-state index in [0.717, 1.165) is 11.3 Å². The molecule has 0 fully saturated rings. The first-order valence-electron chi connectivity index (χ1n) is 6.07. The van der Waals surface area contributed by atoms with Crippen LogP contribution >= 0.6 is 22.6 Å². The van der Waals surface area contributed by atoms with Crippen molar-refractivity contribution in [3.63, 3.8) is 0 Å². The first-order chi connectivity index (χ1) is 9.86. The van der Waals surface area contributed by atoms with Crippen molar-refractivity contribution in [2.45, 2.75) is 13.8 Å². The largest absolute Gasteiger partial charge is 0.307 e. The van der Waals surface area contributed by atoms with Crippen LogP contribution in [0.15, 0.2) is 30.3 Å². The second-order valence-corrected chi connectivity index (χ2v) is 5.71. The van der Waals surface area contributed by atoms with Gasteiger partial charge in [-0.25, -0.2) is 4.98 Å². The van der Waals surface area contributed by atoms with E-state index in [1.54, 1.807) is 12.1 Å². The number of hydrogen-bond donors (Lipinski definition) is 1. The number of carbonyl (C=O) groups excluding carboxylic acids is 1. The Hall–Kier alpha value is -2.03. The quantitative estimate of drug-likeness (QED) is 0.488. The number of benzene rings is 1. The number of pyridine rings is 1. The van der Waals surface area contributed by atoms with Crippen molar-refractivity contribution in [3.05, 3.63) is 60.8 Å². The van der Waals surface area contributed by atoms with E-state index < -0.39 is 10.8 Å². The minimum Gasteiger partial charge on any atom is -0.307 e. The summed E-state index contributed by atoms with van der Waals surface area (Å²) in [4.78, 5) is 26.7. The van der Waals surface area contributed by atoms with Crippen molar-refractivity contribution in [2.75, 3.05) is 5.32 Å². The molecule has 1 amide bonds. The number of non-ortho nitro benzene ring substituents is 1. The molecule has 0 radical (unpaired) electrons. The number of rotatable bonds is 3. The van der Waals surface area contributed by atoms with Crippen LogP contribution < -0.4 is 5.32 Å². The summed E-state index contributed by atoms with van der Waals surface area (Å²) >= 11 is 1.97. The predicted octanol–water partition coefficient (Wildman–Crippen LogP) is 3.46. The average molecular weight is 397 g/mol. The summed E-state index contributed by atoms with van der Waals surface area (Å²) < 4.78 is 0.639. The number of aryl methyl sites for hydroxylation is 2. The second-order valence-electron chi connectivity index (χ2n) is 4.55. The highest BCUT2D eigenvalue weighted by Gasteiger charge is 2.16. The van der Waals surface area contributed by atoms with Gasteiger partial charge in [0.05, 0.1) is 10.5 Å². The lowest BCUT2D eigenvalue weighted by Crippen LogP contribution is -2.15. The minimum atomic E-state index is -0.526. The van der Waals surface area contributed by atoms with E-state index in [-0.39, 0.29) is 11.3 Å². The smallest absolute Gasteiger partial charge is 0.270 e. The average Bonchev–Trinajstić information content (AvgIpc) is 2.37. The Morgan fingerprint density at radius 2 is 2.00 bits per heavy atom. The van der Waals surface area contributed by atoms with Gasteiger partial charge in [-0.15, -0.1) is 0 Å². The van der Waals surface area contributed by atoms with Crippen LogP contribution in [0.5, 0.6) is 0 Å². The van der Waals surface area contributed by atoms with E-state index in [2.05, 4.69) is 10.3 Å². The van der Waals surface area contributed by atoms with Crippen molar-refractivity contribution in [1.82, 2.24) is 4.98 Å². The standard InChI is InChI=1S/C14H12IN3O3/c1-8-5-9(2)16-13(6-8)17-14(19)11-7-10(18(20)21)3-4-12(11)15/h3-7H,1-2H3,(H,16,17,19). The number of nitrogens with one attached hydrogen (secondary N) is 1. The van der Waals surface area contributed by atoms with Gasteiger partial charge in [0, 0.05) is 21.4 Å². The second kappa shape index (κ2) is 6.17. The predicted molar refractivity (Wildman–Crippen MR) is 87.5 cm³/mol. The Morgan fingerprint density at radius 3 is 2.62 bits per heavy atom. The summed E-state index contributed by atoms with van der Waals surface area (Å²) in [6, 6.07) is 7.82. The molecular weight excluding hydrogens is 385 g/mol. The summed E-state index contributed by atoms with van der Waals surface area (Å²) in [7, 11) is 0. The summed E-state index contributed by atoms with van der Waals surface area (Å²) in [5.41, 5.74) is 1.91. The van der Waals surface area contributed by atoms with Crippen LogP contribution in [0.25, 0.3) is 0 Å². The summed E-state index contributed by atoms with van der Waals surface area (Å²) in [5.74, 6) is 0.0143. The zero-order valence-electron chi connectivity index (χ0n) is 11.4. The van der Waals surface area contributed by atoms with E-state index >= 15 is 0 Å². The van der Waals surface area contributed by atoms with E-state index in [0.29, 0.717) is 9.39 Å². The third-order valence-corrected chi connectivity index (χ3v) is 3.69. The van der Waals surface area contributed by atoms with E-state index in [4.69, 9.17) is 0 Å². The van der Waals surface area contributed by atoms with E-state index in [9.17, 15) is 14.9 Å². The number of anilines is 1. The molecule has 0 saturated carbocycles. The van der Waals surface area contributed by atoms with Crippen molar-refractivity contribution >= 4 is 40.0 Å². The Balaban J connectivity index is 2.31. The normalized spacial score (nSPS) is 10.2. The number of nitrogens with zero attached hydrogens (tertiary/aromatic N) is 2. The molecule has 0 aliphatic carbocycles. The first-order valence-corrected chi connectivity index (χ1v) is 7.15. The van der Waals surface area contributed by atoms with Gasteiger partial charge in [0.25, 0.3) is 11.6 Å². The van der Waals surface area contributed by atoms with Crippen LogP contribution in [-0.2, 0) is 0 Å². The Bertz CT molecular complexity index is 711. The van der Waals surface area contributed by atoms with Gasteiger partial charge >= 0.3 is 0 Å². The van der Waals surface area contributed by atoms with Crippen LogP contribution in [0.2, 0.25) is 0 Å². The molecule has 2 aromatic rings. The molecule has 0 aliphatic rings. The molecule has 21 heavy (non-hydrogen) atoms. The van der Waals surface area contributed by atoms with Crippen LogP contribution in [0.3, 0.4) is 0 Å². The fraction of sp³-hybridized carbons (Fsp3) is 0.143. The highest BCUT2D eigenvalue weighted by atomic mass is 127. The third kappa shape index (κ3) is 3.75. The van der Waals surface area contributed by atoms with E-state index in [1.165, 1.54) is 12.1 Å². The number of hydrogen-bond acceptors (Lipinski definition) is 4. The van der Waals surface area contributed by atoms with Crippen LogP contribution in [0, 0.1) is 27.5 Å². The lowest BCUT2D eigenvalue weighted by atomic mass is 10.2. The van der Waals surface area contributed by atoms with Crippen molar-refractivity contribution in [3.8, 4) is 0 Å². The lowest BCUT2D eigenvalue weighted by Gasteiger charge is -2.08. The van der Waals surface area contributed by atoms with Gasteiger partial charge in [-0.2, -0.15) is 0 Å². The molecule has 1 N–H and O–H groups in total. The summed E-state index contributed by atoms with van der Waals surface area (Å²) in [6.07, 6.45) is 0. The van der Waals surface area contributed by atoms with Crippen LogP contribution in [0.4, 0.5) is 11.5 Å². The van der Waals surface area contributed by atoms with Crippen molar-refractivity contribution in [1.29, 1.82) is 0 Å². The number of nitro groups is 1. The van der Waals surface area contributed by atoms with Gasteiger partial charge < -0.3 is 5.32 Å². The highest BCUT2D eigenvalue weighted by molar-refractivity contribution is 14.1. The number of amides is 1. The highest BCUT2D eigenvalue weighted by Crippen LogP contribution is 2.21. The molecule has 0 aliphatic heterocycles. The maximum atomic E-state index is 12.3. The van der Waals surface area contributed by atoms with Gasteiger partial charge in [-0.05, 0) is 60.2 Å². The summed E-state index contributed by atoms with van der Waals surface area (Å²) in [6.45, 7) is 3.74. The molecule has 0 atom stereocenters. The Labute approximate surface area is 134 Å². The van der Waals surface area contributed by atoms with E-state index in [1.807, 2.05) is 42.5 Å². The topological polar surface area (TPSA) is 85.1 Å². The molecule has 0 saturated heterocycles. The Morgan fingerprint density at radius 1 is 1.29 bits per heavy atom. The molecule has 108 valence electrons. The molecule has 0 spiro atoms. The lowest BCUT2D eigenvalue weighted by molar-refractivity contribution is -0.384. The Kier molecular flexibility index (Phi) is 4.51. The fourth-order valence-corrected chi connectivity index (χ4v) is 2.47. The maximum absolute atomic E-state index is 12.3. The van der Waals surface area contributed by atoms with Crippen LogP contribution in [-0.4, -0.2) is 15.8 Å². The number of aromatic nitrogens is 1. The number of halogens is 1. The SMILES string of the molecule is Cc1cc(C)nc(NC(=O)c2cc([N+](=O)[O-])ccc2I)c1. The number of carbonyl (C=O) groups is 1. The minimum absolute atomic E-state index is 0.117. The molecule has 1 heterocycles. The molecule has 2 rings (SSSR count). The summed E-state index contributed by atoms with van der Waals surface area (Å²) in [5, 5.41) is 13.5. The monoisotopic (exact) mass is 397 g/mol. The maximum Gasteiger partial charge on any atom is 0.270 e. The molecule has 7 heteroatoms. The zero-order valence-corrected chi connectivity index (χ0v) is 13.5. The molecule has 1 aromatic heterocycles.